The van der Waals surface area contributed by atoms with Crippen molar-refractivity contribution < 1.29 is 14.3 Å². The summed E-state index contributed by atoms with van der Waals surface area (Å²) in [6.07, 6.45) is 1.49. The van der Waals surface area contributed by atoms with E-state index in [1.165, 1.54) is 6.07 Å². The molecule has 2 rings (SSSR count). The van der Waals surface area contributed by atoms with E-state index < -0.39 is 17.8 Å². The first-order chi connectivity index (χ1) is 8.09. The van der Waals surface area contributed by atoms with Gasteiger partial charge in [-0.25, -0.2) is 4.39 Å². The topological polar surface area (TPSA) is 40.5 Å². The van der Waals surface area contributed by atoms with Gasteiger partial charge in [-0.05, 0) is 31.0 Å². The molecule has 17 heavy (non-hydrogen) atoms. The molecule has 92 valence electrons. The SMILES string of the molecule is O=C(O)C1CCCN1Cc1cccc(F)c1Cl. The Morgan fingerprint density at radius 2 is 2.35 bits per heavy atom. The average molecular weight is 258 g/mol. The van der Waals surface area contributed by atoms with E-state index in [1.807, 2.05) is 4.90 Å². The minimum atomic E-state index is -0.824. The van der Waals surface area contributed by atoms with Crippen molar-refractivity contribution in [2.75, 3.05) is 6.54 Å². The molecule has 1 unspecified atom stereocenters. The fourth-order valence-electron chi connectivity index (χ4n) is 2.18. The molecule has 1 N–H and O–H groups in total. The van der Waals surface area contributed by atoms with Gasteiger partial charge in [-0.3, -0.25) is 9.69 Å². The van der Waals surface area contributed by atoms with E-state index in [4.69, 9.17) is 16.7 Å². The number of likely N-dealkylation sites (tertiary alicyclic amines) is 1. The van der Waals surface area contributed by atoms with Crippen molar-refractivity contribution in [1.29, 1.82) is 0 Å². The summed E-state index contributed by atoms with van der Waals surface area (Å²) in [5.74, 6) is -1.29. The summed E-state index contributed by atoms with van der Waals surface area (Å²) in [5.41, 5.74) is 0.639. The minimum Gasteiger partial charge on any atom is -0.480 e. The van der Waals surface area contributed by atoms with E-state index >= 15 is 0 Å². The van der Waals surface area contributed by atoms with Gasteiger partial charge in [-0.2, -0.15) is 0 Å². The van der Waals surface area contributed by atoms with Gasteiger partial charge in [-0.1, -0.05) is 23.7 Å². The molecule has 1 heterocycles. The van der Waals surface area contributed by atoms with E-state index in [-0.39, 0.29) is 5.02 Å². The van der Waals surface area contributed by atoms with E-state index in [1.54, 1.807) is 12.1 Å². The molecular weight excluding hydrogens is 245 g/mol. The number of carboxylic acid groups (broad SMARTS) is 1. The molecule has 0 aliphatic carbocycles. The van der Waals surface area contributed by atoms with Crippen molar-refractivity contribution in [3.05, 3.63) is 34.6 Å². The predicted octanol–water partition coefficient (Wildman–Crippen LogP) is 2.53. The number of halogens is 2. The normalized spacial score (nSPS) is 20.7. The zero-order chi connectivity index (χ0) is 12.4. The largest absolute Gasteiger partial charge is 0.480 e. The van der Waals surface area contributed by atoms with Crippen molar-refractivity contribution in [1.82, 2.24) is 4.90 Å². The van der Waals surface area contributed by atoms with Crippen LogP contribution in [0.3, 0.4) is 0 Å². The second kappa shape index (κ2) is 5.02. The summed E-state index contributed by atoms with van der Waals surface area (Å²) in [5, 5.41) is 9.12. The number of hydrogen-bond acceptors (Lipinski definition) is 2. The number of carbonyl (C=O) groups is 1. The highest BCUT2D eigenvalue weighted by atomic mass is 35.5. The number of carboxylic acids is 1. The molecule has 0 radical (unpaired) electrons. The van der Waals surface area contributed by atoms with Gasteiger partial charge in [0.2, 0.25) is 0 Å². The zero-order valence-electron chi connectivity index (χ0n) is 9.20. The molecule has 1 fully saturated rings. The van der Waals surface area contributed by atoms with Crippen LogP contribution in [0.15, 0.2) is 18.2 Å². The molecule has 1 aromatic carbocycles. The maximum atomic E-state index is 13.2. The van der Waals surface area contributed by atoms with Gasteiger partial charge < -0.3 is 5.11 Å². The van der Waals surface area contributed by atoms with Crippen LogP contribution in [0.4, 0.5) is 4.39 Å². The van der Waals surface area contributed by atoms with Gasteiger partial charge in [0.15, 0.2) is 0 Å². The number of rotatable bonds is 3. The molecule has 1 saturated heterocycles. The Hall–Kier alpha value is -1.13. The number of nitrogens with zero attached hydrogens (tertiary/aromatic N) is 1. The Balaban J connectivity index is 2.15. The third-order valence-corrected chi connectivity index (χ3v) is 3.48. The quantitative estimate of drug-likeness (QED) is 0.905. The van der Waals surface area contributed by atoms with Crippen LogP contribution < -0.4 is 0 Å². The smallest absolute Gasteiger partial charge is 0.320 e. The molecule has 0 saturated carbocycles. The molecule has 1 aliphatic rings. The number of benzene rings is 1. The van der Waals surface area contributed by atoms with E-state index in [0.29, 0.717) is 25.1 Å². The zero-order valence-corrected chi connectivity index (χ0v) is 9.95. The number of hydrogen-bond donors (Lipinski definition) is 1. The predicted molar refractivity (Wildman–Crippen MR) is 62.5 cm³/mol. The maximum absolute atomic E-state index is 13.2. The van der Waals surface area contributed by atoms with Crippen LogP contribution in [0.2, 0.25) is 5.02 Å². The lowest BCUT2D eigenvalue weighted by atomic mass is 10.2. The molecule has 0 aromatic heterocycles. The number of aliphatic carboxylic acids is 1. The summed E-state index contributed by atoms with van der Waals surface area (Å²) in [7, 11) is 0. The molecule has 0 spiro atoms. The Morgan fingerprint density at radius 3 is 3.06 bits per heavy atom. The Labute approximate surface area is 104 Å². The fraction of sp³-hybridized carbons (Fsp3) is 0.417. The van der Waals surface area contributed by atoms with Crippen LogP contribution >= 0.6 is 11.6 Å². The van der Waals surface area contributed by atoms with Gasteiger partial charge in [0, 0.05) is 6.54 Å². The van der Waals surface area contributed by atoms with Gasteiger partial charge in [0.25, 0.3) is 0 Å². The summed E-state index contributed by atoms with van der Waals surface area (Å²) in [6.45, 7) is 1.09. The molecule has 1 atom stereocenters. The van der Waals surface area contributed by atoms with Crippen LogP contribution in [0.5, 0.6) is 0 Å². The van der Waals surface area contributed by atoms with Crippen molar-refractivity contribution in [3.8, 4) is 0 Å². The Morgan fingerprint density at radius 1 is 1.59 bits per heavy atom. The van der Waals surface area contributed by atoms with Crippen LogP contribution in [0.25, 0.3) is 0 Å². The first kappa shape index (κ1) is 12.3. The maximum Gasteiger partial charge on any atom is 0.320 e. The first-order valence-electron chi connectivity index (χ1n) is 5.49. The molecular formula is C12H13ClFNO2. The van der Waals surface area contributed by atoms with E-state index in [0.717, 1.165) is 6.42 Å². The molecule has 1 aromatic rings. The molecule has 0 amide bonds. The molecule has 5 heteroatoms. The third kappa shape index (κ3) is 2.58. The van der Waals surface area contributed by atoms with Crippen LogP contribution in [0.1, 0.15) is 18.4 Å². The summed E-state index contributed by atoms with van der Waals surface area (Å²) in [4.78, 5) is 12.8. The highest BCUT2D eigenvalue weighted by molar-refractivity contribution is 6.31. The van der Waals surface area contributed by atoms with Gasteiger partial charge >= 0.3 is 5.97 Å². The minimum absolute atomic E-state index is 0.0866. The van der Waals surface area contributed by atoms with Crippen LogP contribution in [-0.4, -0.2) is 28.6 Å². The standard InChI is InChI=1S/C12H13ClFNO2/c13-11-8(3-1-4-9(11)14)7-15-6-2-5-10(15)12(16)17/h1,3-4,10H,2,5-7H2,(H,16,17). The lowest BCUT2D eigenvalue weighted by molar-refractivity contribution is -0.142. The summed E-state index contributed by atoms with van der Waals surface area (Å²) < 4.78 is 13.2. The second-order valence-electron chi connectivity index (χ2n) is 4.18. The van der Waals surface area contributed by atoms with Crippen molar-refractivity contribution in [2.45, 2.75) is 25.4 Å². The second-order valence-corrected chi connectivity index (χ2v) is 4.56. The van der Waals surface area contributed by atoms with Gasteiger partial charge in [-0.15, -0.1) is 0 Å². The molecule has 3 nitrogen and oxygen atoms in total. The Kier molecular flexibility index (Phi) is 3.64. The van der Waals surface area contributed by atoms with E-state index in [2.05, 4.69) is 0 Å². The van der Waals surface area contributed by atoms with E-state index in [9.17, 15) is 9.18 Å². The van der Waals surface area contributed by atoms with Gasteiger partial charge in [0.05, 0.1) is 5.02 Å². The average Bonchev–Trinajstić information content (AvgIpc) is 2.73. The molecule has 0 bridgehead atoms. The third-order valence-electron chi connectivity index (χ3n) is 3.05. The highest BCUT2D eigenvalue weighted by Crippen LogP contribution is 2.25. The van der Waals surface area contributed by atoms with Crippen LogP contribution in [0, 0.1) is 5.82 Å². The highest BCUT2D eigenvalue weighted by Gasteiger charge is 2.30. The summed E-state index contributed by atoms with van der Waals surface area (Å²) >= 11 is 5.85. The van der Waals surface area contributed by atoms with Crippen LogP contribution in [-0.2, 0) is 11.3 Å². The Bertz CT molecular complexity index is 439. The lowest BCUT2D eigenvalue weighted by Gasteiger charge is -2.21. The first-order valence-corrected chi connectivity index (χ1v) is 5.87. The monoisotopic (exact) mass is 257 g/mol. The van der Waals surface area contributed by atoms with Crippen molar-refractivity contribution in [2.24, 2.45) is 0 Å². The van der Waals surface area contributed by atoms with Crippen molar-refractivity contribution >= 4 is 17.6 Å². The fourth-order valence-corrected chi connectivity index (χ4v) is 2.37. The van der Waals surface area contributed by atoms with Crippen molar-refractivity contribution in [3.63, 3.8) is 0 Å². The summed E-state index contributed by atoms with van der Waals surface area (Å²) in [6, 6.07) is 4.13. The molecule has 1 aliphatic heterocycles. The lowest BCUT2D eigenvalue weighted by Crippen LogP contribution is -2.35. The van der Waals surface area contributed by atoms with Gasteiger partial charge in [0.1, 0.15) is 11.9 Å².